The summed E-state index contributed by atoms with van der Waals surface area (Å²) in [6.07, 6.45) is 2.41. The molecule has 1 N–H and O–H groups in total. The molecule has 0 spiro atoms. The van der Waals surface area contributed by atoms with Crippen LogP contribution in [-0.4, -0.2) is 6.54 Å². The van der Waals surface area contributed by atoms with E-state index in [2.05, 4.69) is 55.0 Å². The summed E-state index contributed by atoms with van der Waals surface area (Å²) in [5.74, 6) is 0.732. The summed E-state index contributed by atoms with van der Waals surface area (Å²) in [6.45, 7) is 10.1. The van der Waals surface area contributed by atoms with Crippen LogP contribution < -0.4 is 5.32 Å². The van der Waals surface area contributed by atoms with Gasteiger partial charge in [0.15, 0.2) is 0 Å². The fraction of sp³-hybridized carbons (Fsp3) is 0.692. The van der Waals surface area contributed by atoms with Gasteiger partial charge in [0.25, 0.3) is 0 Å². The van der Waals surface area contributed by atoms with E-state index in [9.17, 15) is 0 Å². The summed E-state index contributed by atoms with van der Waals surface area (Å²) in [4.78, 5) is 2.84. The van der Waals surface area contributed by atoms with Crippen molar-refractivity contribution in [2.24, 2.45) is 5.92 Å². The highest BCUT2D eigenvalue weighted by atomic mass is 79.9. The quantitative estimate of drug-likeness (QED) is 0.787. The number of thiophene rings is 1. The van der Waals surface area contributed by atoms with Gasteiger partial charge in [0.2, 0.25) is 0 Å². The Kier molecular flexibility index (Phi) is 6.01. The molecule has 92 valence electrons. The third-order valence-corrected chi connectivity index (χ3v) is 4.82. The molecule has 1 atom stereocenters. The number of nitrogens with one attached hydrogen (secondary N) is 1. The Hall–Kier alpha value is 0.140. The van der Waals surface area contributed by atoms with Crippen LogP contribution in [0.3, 0.4) is 0 Å². The third kappa shape index (κ3) is 4.19. The van der Waals surface area contributed by atoms with Crippen LogP contribution in [0, 0.1) is 12.8 Å². The van der Waals surface area contributed by atoms with E-state index >= 15 is 0 Å². The van der Waals surface area contributed by atoms with E-state index in [0.29, 0.717) is 6.04 Å². The molecule has 0 bridgehead atoms. The summed E-state index contributed by atoms with van der Waals surface area (Å²) in [5.41, 5.74) is 0. The second kappa shape index (κ2) is 6.77. The molecule has 1 aromatic rings. The lowest BCUT2D eigenvalue weighted by Crippen LogP contribution is -2.22. The highest BCUT2D eigenvalue weighted by Gasteiger charge is 2.15. The van der Waals surface area contributed by atoms with Crippen LogP contribution in [-0.2, 0) is 0 Å². The molecule has 0 fully saturated rings. The minimum atomic E-state index is 0.523. The van der Waals surface area contributed by atoms with Crippen LogP contribution in [0.4, 0.5) is 0 Å². The van der Waals surface area contributed by atoms with Crippen molar-refractivity contribution in [3.05, 3.63) is 20.3 Å². The van der Waals surface area contributed by atoms with Crippen LogP contribution in [0.25, 0.3) is 0 Å². The Morgan fingerprint density at radius 2 is 2.12 bits per heavy atom. The van der Waals surface area contributed by atoms with Crippen molar-refractivity contribution in [2.75, 3.05) is 6.54 Å². The number of hydrogen-bond acceptors (Lipinski definition) is 2. The molecule has 0 saturated carbocycles. The average Bonchev–Trinajstić information content (AvgIpc) is 2.53. The summed E-state index contributed by atoms with van der Waals surface area (Å²) in [7, 11) is 0. The average molecular weight is 304 g/mol. The molecule has 1 nitrogen and oxygen atoms in total. The summed E-state index contributed by atoms with van der Waals surface area (Å²) in [6, 6.07) is 2.80. The minimum Gasteiger partial charge on any atom is -0.309 e. The molecule has 0 aliphatic heterocycles. The Labute approximate surface area is 112 Å². The fourth-order valence-corrected chi connectivity index (χ4v) is 3.39. The maximum absolute atomic E-state index is 3.65. The van der Waals surface area contributed by atoms with E-state index in [4.69, 9.17) is 0 Å². The van der Waals surface area contributed by atoms with Gasteiger partial charge < -0.3 is 5.32 Å². The SMILES string of the molecule is CCCNC(CC(C)C)c1cc(Br)c(C)s1. The number of halogens is 1. The van der Waals surface area contributed by atoms with Gasteiger partial charge in [0.1, 0.15) is 0 Å². The molecule has 0 aliphatic rings. The van der Waals surface area contributed by atoms with Crippen molar-refractivity contribution in [1.82, 2.24) is 5.32 Å². The maximum atomic E-state index is 3.65. The zero-order valence-corrected chi connectivity index (χ0v) is 13.0. The van der Waals surface area contributed by atoms with Crippen LogP contribution in [0.1, 0.15) is 49.4 Å². The molecule has 3 heteroatoms. The van der Waals surface area contributed by atoms with Crippen molar-refractivity contribution in [1.29, 1.82) is 0 Å². The van der Waals surface area contributed by atoms with Crippen molar-refractivity contribution >= 4 is 27.3 Å². The van der Waals surface area contributed by atoms with Crippen molar-refractivity contribution in [2.45, 2.75) is 46.6 Å². The standard InChI is InChI=1S/C13H22BrNS/c1-5-6-15-12(7-9(2)3)13-8-11(14)10(4)16-13/h8-9,12,15H,5-7H2,1-4H3. The van der Waals surface area contributed by atoms with Crippen LogP contribution >= 0.6 is 27.3 Å². The van der Waals surface area contributed by atoms with E-state index in [1.54, 1.807) is 0 Å². The molecule has 0 aromatic carbocycles. The van der Waals surface area contributed by atoms with E-state index in [1.807, 2.05) is 11.3 Å². The first-order chi connectivity index (χ1) is 7.54. The molecule has 1 unspecified atom stereocenters. The van der Waals surface area contributed by atoms with Crippen LogP contribution in [0.2, 0.25) is 0 Å². The van der Waals surface area contributed by atoms with Crippen LogP contribution in [0.5, 0.6) is 0 Å². The van der Waals surface area contributed by atoms with Gasteiger partial charge in [0.05, 0.1) is 0 Å². The topological polar surface area (TPSA) is 12.0 Å². The lowest BCUT2D eigenvalue weighted by molar-refractivity contribution is 0.435. The smallest absolute Gasteiger partial charge is 0.0417 e. The van der Waals surface area contributed by atoms with E-state index in [0.717, 1.165) is 12.5 Å². The Morgan fingerprint density at radius 3 is 2.56 bits per heavy atom. The molecule has 0 saturated heterocycles. The first kappa shape index (κ1) is 14.2. The second-order valence-corrected chi connectivity index (χ2v) is 6.83. The molecule has 0 aliphatic carbocycles. The Morgan fingerprint density at radius 1 is 1.44 bits per heavy atom. The van der Waals surface area contributed by atoms with E-state index in [1.165, 1.54) is 27.1 Å². The Bertz CT molecular complexity index is 300. The molecule has 0 radical (unpaired) electrons. The maximum Gasteiger partial charge on any atom is 0.0417 e. The molecule has 1 aromatic heterocycles. The first-order valence-corrected chi connectivity index (χ1v) is 7.64. The Balaban J connectivity index is 2.74. The normalized spacial score (nSPS) is 13.4. The molecule has 16 heavy (non-hydrogen) atoms. The number of aryl methyl sites for hydroxylation is 1. The highest BCUT2D eigenvalue weighted by Crippen LogP contribution is 2.33. The lowest BCUT2D eigenvalue weighted by atomic mass is 10.0. The molecule has 1 rings (SSSR count). The lowest BCUT2D eigenvalue weighted by Gasteiger charge is -2.19. The van der Waals surface area contributed by atoms with Gasteiger partial charge in [-0.3, -0.25) is 0 Å². The highest BCUT2D eigenvalue weighted by molar-refractivity contribution is 9.10. The molecule has 0 amide bonds. The van der Waals surface area contributed by atoms with E-state index < -0.39 is 0 Å². The van der Waals surface area contributed by atoms with Gasteiger partial charge in [-0.15, -0.1) is 11.3 Å². The molecular formula is C13H22BrNS. The van der Waals surface area contributed by atoms with Crippen molar-refractivity contribution < 1.29 is 0 Å². The van der Waals surface area contributed by atoms with Gasteiger partial charge >= 0.3 is 0 Å². The van der Waals surface area contributed by atoms with Crippen LogP contribution in [0.15, 0.2) is 10.5 Å². The number of rotatable bonds is 6. The predicted molar refractivity (Wildman–Crippen MR) is 77.2 cm³/mol. The fourth-order valence-electron chi connectivity index (χ4n) is 1.74. The second-order valence-electron chi connectivity index (χ2n) is 4.69. The van der Waals surface area contributed by atoms with Gasteiger partial charge in [-0.2, -0.15) is 0 Å². The monoisotopic (exact) mass is 303 g/mol. The van der Waals surface area contributed by atoms with Gasteiger partial charge in [-0.1, -0.05) is 20.8 Å². The van der Waals surface area contributed by atoms with Gasteiger partial charge in [-0.05, 0) is 54.2 Å². The van der Waals surface area contributed by atoms with Crippen molar-refractivity contribution in [3.8, 4) is 0 Å². The predicted octanol–water partition coefficient (Wildman–Crippen LogP) is 4.91. The van der Waals surface area contributed by atoms with E-state index in [-0.39, 0.29) is 0 Å². The van der Waals surface area contributed by atoms with Crippen molar-refractivity contribution in [3.63, 3.8) is 0 Å². The minimum absolute atomic E-state index is 0.523. The first-order valence-electron chi connectivity index (χ1n) is 6.03. The third-order valence-electron chi connectivity index (χ3n) is 2.57. The number of hydrogen-bond donors (Lipinski definition) is 1. The zero-order valence-electron chi connectivity index (χ0n) is 10.6. The summed E-state index contributed by atoms with van der Waals surface area (Å²) >= 11 is 5.51. The van der Waals surface area contributed by atoms with Gasteiger partial charge in [0, 0.05) is 20.3 Å². The summed E-state index contributed by atoms with van der Waals surface area (Å²) < 4.78 is 1.25. The molecular weight excluding hydrogens is 282 g/mol. The molecule has 1 heterocycles. The summed E-state index contributed by atoms with van der Waals surface area (Å²) in [5, 5.41) is 3.65. The zero-order chi connectivity index (χ0) is 12.1. The largest absolute Gasteiger partial charge is 0.309 e. The van der Waals surface area contributed by atoms with Gasteiger partial charge in [-0.25, -0.2) is 0 Å².